The van der Waals surface area contributed by atoms with Gasteiger partial charge in [0.25, 0.3) is 11.8 Å². The third-order valence-corrected chi connectivity index (χ3v) is 5.22. The van der Waals surface area contributed by atoms with E-state index in [0.717, 1.165) is 25.7 Å². The maximum Gasteiger partial charge on any atom is 0.329 e. The van der Waals surface area contributed by atoms with Crippen molar-refractivity contribution < 1.29 is 19.1 Å². The molecule has 0 unspecified atom stereocenters. The van der Waals surface area contributed by atoms with Crippen molar-refractivity contribution in [1.29, 1.82) is 0 Å². The van der Waals surface area contributed by atoms with Crippen molar-refractivity contribution in [2.45, 2.75) is 70.9 Å². The van der Waals surface area contributed by atoms with Gasteiger partial charge in [0.05, 0.1) is 0 Å². The van der Waals surface area contributed by atoms with Gasteiger partial charge in [-0.3, -0.25) is 9.59 Å². The Morgan fingerprint density at radius 2 is 1.69 bits per heavy atom. The Morgan fingerprint density at radius 3 is 2.28 bits per heavy atom. The zero-order valence-electron chi connectivity index (χ0n) is 17.2. The lowest BCUT2D eigenvalue weighted by atomic mass is 10.0. The first-order valence-electron chi connectivity index (χ1n) is 10.4. The number of rotatable bonds is 8. The average molecular weight is 423 g/mol. The van der Waals surface area contributed by atoms with Gasteiger partial charge < -0.3 is 15.4 Å². The third-order valence-electron chi connectivity index (χ3n) is 4.97. The maximum atomic E-state index is 12.5. The molecular weight excluding hydrogens is 392 g/mol. The Balaban J connectivity index is 1.87. The summed E-state index contributed by atoms with van der Waals surface area (Å²) in [6, 6.07) is 5.75. The molecule has 1 aliphatic carbocycles. The normalized spacial score (nSPS) is 16.0. The minimum atomic E-state index is -0.816. The Kier molecular flexibility index (Phi) is 9.45. The predicted octanol–water partition coefficient (Wildman–Crippen LogP) is 3.87. The van der Waals surface area contributed by atoms with Crippen LogP contribution in [0.2, 0.25) is 5.02 Å². The molecule has 1 aromatic rings. The number of amides is 2. The topological polar surface area (TPSA) is 84.5 Å². The number of nitrogens with one attached hydrogen (secondary N) is 2. The molecule has 29 heavy (non-hydrogen) atoms. The van der Waals surface area contributed by atoms with E-state index in [1.54, 1.807) is 24.3 Å². The first kappa shape index (κ1) is 23.2. The fourth-order valence-corrected chi connectivity index (χ4v) is 3.58. The van der Waals surface area contributed by atoms with Crippen molar-refractivity contribution in [2.75, 3.05) is 6.61 Å². The van der Waals surface area contributed by atoms with Crippen LogP contribution in [0.4, 0.5) is 0 Å². The van der Waals surface area contributed by atoms with Crippen LogP contribution in [-0.4, -0.2) is 36.5 Å². The van der Waals surface area contributed by atoms with Crippen LogP contribution in [0.25, 0.3) is 0 Å². The minimum Gasteiger partial charge on any atom is -0.454 e. The summed E-state index contributed by atoms with van der Waals surface area (Å²) in [7, 11) is 0. The van der Waals surface area contributed by atoms with Crippen molar-refractivity contribution in [1.82, 2.24) is 10.6 Å². The first-order valence-corrected chi connectivity index (χ1v) is 10.8. The quantitative estimate of drug-likeness (QED) is 0.492. The second-order valence-corrected chi connectivity index (χ2v) is 8.46. The van der Waals surface area contributed by atoms with Gasteiger partial charge in [-0.25, -0.2) is 4.79 Å². The van der Waals surface area contributed by atoms with E-state index in [2.05, 4.69) is 10.6 Å². The molecule has 2 rings (SSSR count). The number of carbonyl (C=O) groups is 3. The molecule has 1 saturated carbocycles. The molecule has 0 aliphatic heterocycles. The molecule has 0 heterocycles. The highest BCUT2D eigenvalue weighted by Crippen LogP contribution is 2.17. The monoisotopic (exact) mass is 422 g/mol. The number of ether oxygens (including phenoxy) is 1. The highest BCUT2D eigenvalue weighted by Gasteiger charge is 2.25. The highest BCUT2D eigenvalue weighted by molar-refractivity contribution is 6.30. The number of carbonyl (C=O) groups excluding carboxylic acids is 3. The van der Waals surface area contributed by atoms with E-state index in [1.165, 1.54) is 12.8 Å². The number of benzene rings is 1. The van der Waals surface area contributed by atoms with E-state index in [1.807, 2.05) is 13.8 Å². The van der Waals surface area contributed by atoms with E-state index >= 15 is 0 Å². The number of hydrogen-bond acceptors (Lipinski definition) is 4. The Bertz CT molecular complexity index is 683. The molecule has 1 atom stereocenters. The summed E-state index contributed by atoms with van der Waals surface area (Å²) in [5, 5.41) is 6.19. The second kappa shape index (κ2) is 11.8. The summed E-state index contributed by atoms with van der Waals surface area (Å²) >= 11 is 5.85. The summed E-state index contributed by atoms with van der Waals surface area (Å²) < 4.78 is 5.21. The number of hydrogen-bond donors (Lipinski definition) is 2. The lowest BCUT2D eigenvalue weighted by Crippen LogP contribution is -2.44. The molecule has 2 N–H and O–H groups in total. The zero-order chi connectivity index (χ0) is 21.2. The van der Waals surface area contributed by atoms with Crippen molar-refractivity contribution >= 4 is 29.4 Å². The lowest BCUT2D eigenvalue weighted by molar-refractivity contribution is -0.151. The smallest absolute Gasteiger partial charge is 0.329 e. The second-order valence-electron chi connectivity index (χ2n) is 8.03. The van der Waals surface area contributed by atoms with Crippen molar-refractivity contribution in [3.63, 3.8) is 0 Å². The molecule has 160 valence electrons. The van der Waals surface area contributed by atoms with Gasteiger partial charge in [-0.1, -0.05) is 51.1 Å². The summed E-state index contributed by atoms with van der Waals surface area (Å²) in [6.07, 6.45) is 6.97. The Morgan fingerprint density at radius 1 is 1.07 bits per heavy atom. The standard InChI is InChI=1S/C22H31ClN2O4/c1-15(2)13-19(25-21(27)16-9-11-17(23)12-10-16)22(28)29-14-20(26)24-18-7-5-3-4-6-8-18/h9-12,15,18-19H,3-8,13-14H2,1-2H3,(H,24,26)(H,25,27)/t19-/m0/s1. The van der Waals surface area contributed by atoms with E-state index in [9.17, 15) is 14.4 Å². The average Bonchev–Trinajstić information content (AvgIpc) is 2.94. The van der Waals surface area contributed by atoms with Gasteiger partial charge in [0.1, 0.15) is 6.04 Å². The minimum absolute atomic E-state index is 0.153. The molecule has 0 radical (unpaired) electrons. The van der Waals surface area contributed by atoms with Gasteiger partial charge >= 0.3 is 5.97 Å². The van der Waals surface area contributed by atoms with Crippen LogP contribution in [0.1, 0.15) is 69.2 Å². The largest absolute Gasteiger partial charge is 0.454 e. The predicted molar refractivity (Wildman–Crippen MR) is 113 cm³/mol. The van der Waals surface area contributed by atoms with Crippen LogP contribution in [-0.2, 0) is 14.3 Å². The molecular formula is C22H31ClN2O4. The molecule has 2 amide bonds. The molecule has 6 nitrogen and oxygen atoms in total. The molecule has 0 aromatic heterocycles. The van der Waals surface area contributed by atoms with Crippen molar-refractivity contribution in [3.8, 4) is 0 Å². The molecule has 0 bridgehead atoms. The molecule has 0 spiro atoms. The van der Waals surface area contributed by atoms with Crippen LogP contribution >= 0.6 is 11.6 Å². The van der Waals surface area contributed by atoms with Gasteiger partial charge in [-0.2, -0.15) is 0 Å². The zero-order valence-corrected chi connectivity index (χ0v) is 18.0. The number of halogens is 1. The van der Waals surface area contributed by atoms with Gasteiger partial charge in [-0.15, -0.1) is 0 Å². The summed E-state index contributed by atoms with van der Waals surface area (Å²) in [5.41, 5.74) is 0.405. The van der Waals surface area contributed by atoms with Crippen LogP contribution < -0.4 is 10.6 Å². The molecule has 1 aromatic carbocycles. The molecule has 7 heteroatoms. The van der Waals surface area contributed by atoms with Crippen LogP contribution in [0.15, 0.2) is 24.3 Å². The molecule has 1 fully saturated rings. The third kappa shape index (κ3) is 8.44. The van der Waals surface area contributed by atoms with Gasteiger partial charge in [0, 0.05) is 16.6 Å². The van der Waals surface area contributed by atoms with Crippen molar-refractivity contribution in [2.24, 2.45) is 5.92 Å². The lowest BCUT2D eigenvalue weighted by Gasteiger charge is -2.20. The highest BCUT2D eigenvalue weighted by atomic mass is 35.5. The fourth-order valence-electron chi connectivity index (χ4n) is 3.46. The van der Waals surface area contributed by atoms with E-state index in [0.29, 0.717) is 17.0 Å². The molecule has 1 aliphatic rings. The Hall–Kier alpha value is -2.08. The van der Waals surface area contributed by atoms with E-state index in [-0.39, 0.29) is 30.4 Å². The van der Waals surface area contributed by atoms with E-state index < -0.39 is 12.0 Å². The maximum absolute atomic E-state index is 12.5. The van der Waals surface area contributed by atoms with Crippen molar-refractivity contribution in [3.05, 3.63) is 34.9 Å². The molecule has 0 saturated heterocycles. The van der Waals surface area contributed by atoms with Gasteiger partial charge in [0.2, 0.25) is 0 Å². The summed E-state index contributed by atoms with van der Waals surface area (Å²) in [5.74, 6) is -1.11. The fraction of sp³-hybridized carbons (Fsp3) is 0.591. The Labute approximate surface area is 177 Å². The van der Waals surface area contributed by atoms with Crippen LogP contribution in [0, 0.1) is 5.92 Å². The van der Waals surface area contributed by atoms with Gasteiger partial charge in [-0.05, 0) is 49.4 Å². The van der Waals surface area contributed by atoms with Crippen LogP contribution in [0.3, 0.4) is 0 Å². The van der Waals surface area contributed by atoms with Crippen LogP contribution in [0.5, 0.6) is 0 Å². The summed E-state index contributed by atoms with van der Waals surface area (Å²) in [4.78, 5) is 37.1. The number of esters is 1. The van der Waals surface area contributed by atoms with Gasteiger partial charge in [0.15, 0.2) is 6.61 Å². The van der Waals surface area contributed by atoms with E-state index in [4.69, 9.17) is 16.3 Å². The SMILES string of the molecule is CC(C)C[C@H](NC(=O)c1ccc(Cl)cc1)C(=O)OCC(=O)NC1CCCCCC1. The summed E-state index contributed by atoms with van der Waals surface area (Å²) in [6.45, 7) is 3.57. The first-order chi connectivity index (χ1) is 13.8.